The Balaban J connectivity index is 0.000000142. The van der Waals surface area contributed by atoms with Crippen molar-refractivity contribution in [3.8, 4) is 0 Å². The van der Waals surface area contributed by atoms with Gasteiger partial charge in [0.2, 0.25) is 12.5 Å². The van der Waals surface area contributed by atoms with E-state index in [0.29, 0.717) is 19.5 Å². The van der Waals surface area contributed by atoms with Gasteiger partial charge in [0.1, 0.15) is 24.3 Å². The molecule has 59 heavy (non-hydrogen) atoms. The third-order valence-electron chi connectivity index (χ3n) is 12.0. The number of nitrogens with one attached hydrogen (secondary N) is 3. The average Bonchev–Trinajstić information content (AvgIpc) is 3.96. The molecule has 3 N–H and O–H groups in total. The molecule has 2 aliphatic carbocycles. The monoisotopic (exact) mass is 787 g/mol. The number of anilines is 4. The van der Waals surface area contributed by atoms with Gasteiger partial charge in [0, 0.05) is 47.3 Å². The zero-order chi connectivity index (χ0) is 40.2. The minimum absolute atomic E-state index is 0.233. The normalized spacial score (nSPS) is 16.2. The van der Waals surface area contributed by atoms with Crippen LogP contribution in [0.2, 0.25) is 0 Å². The Kier molecular flexibility index (Phi) is 13.2. The lowest BCUT2D eigenvalue weighted by molar-refractivity contribution is -0.132. The van der Waals surface area contributed by atoms with Crippen LogP contribution in [0, 0.1) is 18.4 Å². The van der Waals surface area contributed by atoms with E-state index in [9.17, 15) is 4.79 Å². The minimum atomic E-state index is 0.233. The molecule has 1 amide bonds. The number of carbonyl (C=O) groups is 1. The summed E-state index contributed by atoms with van der Waals surface area (Å²) in [6.07, 6.45) is 21.8. The quantitative estimate of drug-likeness (QED) is 0.128. The average molecular weight is 788 g/mol. The van der Waals surface area contributed by atoms with Gasteiger partial charge in [-0.3, -0.25) is 14.8 Å². The second kappa shape index (κ2) is 19.6. The molecule has 2 saturated carbocycles. The summed E-state index contributed by atoms with van der Waals surface area (Å²) in [4.78, 5) is 44.6. The van der Waals surface area contributed by atoms with E-state index in [1.54, 1.807) is 12.7 Å². The van der Waals surface area contributed by atoms with Crippen LogP contribution in [-0.4, -0.2) is 47.3 Å². The van der Waals surface area contributed by atoms with Crippen molar-refractivity contribution in [3.05, 3.63) is 120 Å². The van der Waals surface area contributed by atoms with E-state index in [-0.39, 0.29) is 5.91 Å². The second-order valence-corrected chi connectivity index (χ2v) is 16.1. The number of hydrogen-bond acceptors (Lipinski definition) is 10. The molecule has 0 saturated heterocycles. The number of nitrogens with zero attached hydrogens (tertiary/aromatic N) is 8. The summed E-state index contributed by atoms with van der Waals surface area (Å²) in [6.45, 7) is 10.2. The molecule has 0 spiro atoms. The molecule has 4 aromatic heterocycles. The topological polar surface area (TPSA) is 138 Å². The maximum absolute atomic E-state index is 12.8. The van der Waals surface area contributed by atoms with Crippen LogP contribution in [0.5, 0.6) is 0 Å². The Morgan fingerprint density at radius 1 is 0.678 bits per heavy atom. The smallest absolute Gasteiger partial charge is 0.223 e. The highest BCUT2D eigenvalue weighted by Crippen LogP contribution is 2.32. The molecular formula is C47H53N11O. The summed E-state index contributed by atoms with van der Waals surface area (Å²) in [7, 11) is 0. The van der Waals surface area contributed by atoms with Crippen LogP contribution >= 0.6 is 0 Å². The number of carbonyl (C=O) groups excluding carboxylic acids is 1. The molecule has 6 aromatic rings. The highest BCUT2D eigenvalue weighted by Gasteiger charge is 2.28. The molecule has 10 rings (SSSR count). The molecule has 0 radical (unpaired) electrons. The molecule has 0 atom stereocenters. The zero-order valence-electron chi connectivity index (χ0n) is 33.7. The van der Waals surface area contributed by atoms with Gasteiger partial charge >= 0.3 is 0 Å². The number of aromatic nitrogens is 6. The van der Waals surface area contributed by atoms with Gasteiger partial charge < -0.3 is 25.7 Å². The fourth-order valence-electron chi connectivity index (χ4n) is 8.68. The van der Waals surface area contributed by atoms with E-state index < -0.39 is 0 Å². The molecule has 2 aromatic carbocycles. The van der Waals surface area contributed by atoms with E-state index in [1.165, 1.54) is 64.2 Å². The zero-order valence-corrected chi connectivity index (χ0v) is 33.7. The van der Waals surface area contributed by atoms with Gasteiger partial charge in [0.25, 0.3) is 0 Å². The standard InChI is InChI=1S/C24H27N5O.C15H13N5.C8H13N/c30-23(11-10-17-6-2-1-3-7-17)29-14-20-22(15-29)26-16-27-24(20)28-19-12-18-8-4-5-9-21(18)25-13-19;1-2-4-13-10(3-1)5-11(6-17-13)20-15-12-7-16-8-14(12)18-9-19-15;1-9-7-8-5-3-2-4-6-8/h4-5,8-9,12-13,16-17H,1-3,6-7,10-11,14-15H2,(H,26,27,28);1-6,9,16H,7-8H2,(H,18,19,20);8H,2-7H2. The van der Waals surface area contributed by atoms with E-state index in [1.807, 2.05) is 59.8 Å². The van der Waals surface area contributed by atoms with Crippen LogP contribution in [0.25, 0.3) is 26.7 Å². The first-order valence-electron chi connectivity index (χ1n) is 21.3. The van der Waals surface area contributed by atoms with E-state index >= 15 is 0 Å². The summed E-state index contributed by atoms with van der Waals surface area (Å²) < 4.78 is 0. The molecule has 4 aliphatic rings. The Labute approximate surface area is 346 Å². The van der Waals surface area contributed by atoms with Crippen molar-refractivity contribution in [2.45, 2.75) is 103 Å². The SMILES string of the molecule is O=C(CCC1CCCCC1)N1Cc2ncnc(Nc3cnc4ccccc4c3)c2C1.[C-]#[N+]CC1CCCCC1.c1ccc2ncc(Nc3ncnc4c3CNC4)cc2c1. The molecule has 12 nitrogen and oxygen atoms in total. The van der Waals surface area contributed by atoms with Crippen molar-refractivity contribution < 1.29 is 4.79 Å². The summed E-state index contributed by atoms with van der Waals surface area (Å²) in [5.41, 5.74) is 7.94. The fraction of sp³-hybridized carbons (Fsp3) is 0.404. The maximum atomic E-state index is 12.8. The summed E-state index contributed by atoms with van der Waals surface area (Å²) >= 11 is 0. The van der Waals surface area contributed by atoms with Crippen molar-refractivity contribution in [2.75, 3.05) is 17.2 Å². The van der Waals surface area contributed by atoms with Crippen molar-refractivity contribution in [3.63, 3.8) is 0 Å². The Morgan fingerprint density at radius 3 is 1.88 bits per heavy atom. The van der Waals surface area contributed by atoms with Gasteiger partial charge in [-0.1, -0.05) is 87.8 Å². The van der Waals surface area contributed by atoms with Crippen LogP contribution in [0.4, 0.5) is 23.0 Å². The third kappa shape index (κ3) is 10.3. The highest BCUT2D eigenvalue weighted by molar-refractivity contribution is 5.83. The van der Waals surface area contributed by atoms with Crippen molar-refractivity contribution >= 4 is 50.7 Å². The van der Waals surface area contributed by atoms with Gasteiger partial charge in [0.15, 0.2) is 0 Å². The number of rotatable bonds is 8. The number of amides is 1. The second-order valence-electron chi connectivity index (χ2n) is 16.1. The lowest BCUT2D eigenvalue weighted by atomic mass is 9.86. The molecule has 2 aliphatic heterocycles. The fourth-order valence-corrected chi connectivity index (χ4v) is 8.68. The first-order chi connectivity index (χ1) is 29.1. The molecule has 302 valence electrons. The van der Waals surface area contributed by atoms with Gasteiger partial charge in [-0.25, -0.2) is 26.5 Å². The van der Waals surface area contributed by atoms with Gasteiger partial charge in [-0.15, -0.1) is 0 Å². The largest absolute Gasteiger partial charge is 0.339 e. The van der Waals surface area contributed by atoms with Crippen LogP contribution < -0.4 is 16.0 Å². The highest BCUT2D eigenvalue weighted by atomic mass is 16.2. The lowest BCUT2D eigenvalue weighted by Crippen LogP contribution is -2.26. The molecule has 0 unspecified atom stereocenters. The van der Waals surface area contributed by atoms with E-state index in [2.05, 4.69) is 68.9 Å². The van der Waals surface area contributed by atoms with Crippen molar-refractivity contribution in [1.82, 2.24) is 40.1 Å². The first-order valence-corrected chi connectivity index (χ1v) is 21.3. The predicted molar refractivity (Wildman–Crippen MR) is 233 cm³/mol. The molecule has 0 bridgehead atoms. The van der Waals surface area contributed by atoms with Crippen LogP contribution in [0.1, 0.15) is 99.6 Å². The Morgan fingerprint density at radius 2 is 1.25 bits per heavy atom. The van der Waals surface area contributed by atoms with E-state index in [4.69, 9.17) is 6.57 Å². The minimum Gasteiger partial charge on any atom is -0.339 e. The Bertz CT molecular complexity index is 2400. The first kappa shape index (κ1) is 39.8. The maximum Gasteiger partial charge on any atom is 0.223 e. The van der Waals surface area contributed by atoms with Crippen molar-refractivity contribution in [1.29, 1.82) is 0 Å². The van der Waals surface area contributed by atoms with Crippen LogP contribution in [0.15, 0.2) is 85.7 Å². The lowest BCUT2D eigenvalue weighted by Gasteiger charge is -2.22. The number of benzene rings is 2. The number of pyridine rings is 2. The summed E-state index contributed by atoms with van der Waals surface area (Å²) in [6, 6.07) is 20.3. The van der Waals surface area contributed by atoms with Gasteiger partial charge in [-0.05, 0) is 49.4 Å². The molecule has 12 heteroatoms. The summed E-state index contributed by atoms with van der Waals surface area (Å²) in [5.74, 6) is 3.33. The third-order valence-corrected chi connectivity index (χ3v) is 12.0. The number of para-hydroxylation sites is 2. The number of hydrogen-bond donors (Lipinski definition) is 3. The van der Waals surface area contributed by atoms with Gasteiger partial charge in [-0.2, -0.15) is 0 Å². The van der Waals surface area contributed by atoms with Crippen LogP contribution in [0.3, 0.4) is 0 Å². The summed E-state index contributed by atoms with van der Waals surface area (Å²) in [5, 5.41) is 12.2. The predicted octanol–water partition coefficient (Wildman–Crippen LogP) is 9.83. The van der Waals surface area contributed by atoms with Crippen LogP contribution in [-0.2, 0) is 31.0 Å². The Hall–Kier alpha value is -6.06. The van der Waals surface area contributed by atoms with E-state index in [0.717, 1.165) is 105 Å². The molecule has 2 fully saturated rings. The molecule has 6 heterocycles. The van der Waals surface area contributed by atoms with Gasteiger partial charge in [0.05, 0.1) is 59.3 Å². The van der Waals surface area contributed by atoms with Crippen molar-refractivity contribution in [2.24, 2.45) is 11.8 Å². The molecular weight excluding hydrogens is 735 g/mol. The number of fused-ring (bicyclic) bond motifs is 4.